The SMILES string of the molecule is CC(=O)OCC1=C(C(=O)O)N2C(=O)[C@H](NC(=O)c3nn(C)c(C)c3Cl)[C@@H]2SC1. The monoisotopic (exact) mass is 428 g/mol. The maximum atomic E-state index is 12.6. The van der Waals surface area contributed by atoms with Crippen molar-refractivity contribution in [2.45, 2.75) is 25.3 Å². The van der Waals surface area contributed by atoms with E-state index in [1.54, 1.807) is 14.0 Å². The van der Waals surface area contributed by atoms with Gasteiger partial charge >= 0.3 is 11.9 Å². The van der Waals surface area contributed by atoms with Crippen molar-refractivity contribution in [3.05, 3.63) is 27.7 Å². The van der Waals surface area contributed by atoms with E-state index in [9.17, 15) is 24.3 Å². The number of β-lactam (4-membered cyclic amide) rings is 1. The minimum absolute atomic E-state index is 0.00160. The average molecular weight is 429 g/mol. The molecule has 3 rings (SSSR count). The summed E-state index contributed by atoms with van der Waals surface area (Å²) in [5.74, 6) is -2.77. The smallest absolute Gasteiger partial charge is 0.352 e. The fourth-order valence-corrected chi connectivity index (χ4v) is 4.49. The highest BCUT2D eigenvalue weighted by atomic mass is 35.5. The number of esters is 1. The Kier molecular flexibility index (Phi) is 5.39. The molecule has 2 amide bonds. The number of fused-ring (bicyclic) bond motifs is 1. The molecule has 3 heterocycles. The summed E-state index contributed by atoms with van der Waals surface area (Å²) in [6.07, 6.45) is 0. The molecule has 10 nitrogen and oxygen atoms in total. The predicted octanol–water partition coefficient (Wildman–Crippen LogP) is 0.297. The van der Waals surface area contributed by atoms with Crippen LogP contribution in [0.2, 0.25) is 5.02 Å². The second kappa shape index (κ2) is 7.47. The number of aryl methyl sites for hydroxylation is 1. The Bertz CT molecular complexity index is 926. The van der Waals surface area contributed by atoms with Gasteiger partial charge in [-0.15, -0.1) is 11.8 Å². The number of thioether (sulfide) groups is 1. The number of rotatable bonds is 5. The van der Waals surface area contributed by atoms with Gasteiger partial charge in [-0.2, -0.15) is 5.10 Å². The standard InChI is InChI=1S/C16H17ClN4O6S/c1-6-9(17)10(19-20(6)3)13(23)18-11-14(24)21-12(16(25)26)8(4-27-7(2)22)5-28-15(11)21/h11,15H,4-5H2,1-3H3,(H,18,23)(H,25,26)/t11-,15-/m0/s1. The summed E-state index contributed by atoms with van der Waals surface area (Å²) in [6.45, 7) is 2.71. The molecule has 1 aromatic heterocycles. The molecule has 1 fully saturated rings. The molecule has 0 aliphatic carbocycles. The molecule has 12 heteroatoms. The molecular weight excluding hydrogens is 412 g/mol. The molecule has 0 spiro atoms. The Hall–Kier alpha value is -2.53. The highest BCUT2D eigenvalue weighted by Crippen LogP contribution is 2.40. The van der Waals surface area contributed by atoms with E-state index in [1.165, 1.54) is 23.4 Å². The largest absolute Gasteiger partial charge is 0.477 e. The summed E-state index contributed by atoms with van der Waals surface area (Å²) in [7, 11) is 1.64. The molecule has 0 bridgehead atoms. The quantitative estimate of drug-likeness (QED) is 0.505. The van der Waals surface area contributed by atoms with Gasteiger partial charge in [-0.3, -0.25) is 24.0 Å². The molecule has 0 unspecified atom stereocenters. The van der Waals surface area contributed by atoms with E-state index >= 15 is 0 Å². The fraction of sp³-hybridized carbons (Fsp3) is 0.438. The van der Waals surface area contributed by atoms with Crippen LogP contribution in [-0.2, 0) is 26.2 Å². The first-order valence-corrected chi connectivity index (χ1v) is 9.59. The lowest BCUT2D eigenvalue weighted by molar-refractivity contribution is -0.149. The van der Waals surface area contributed by atoms with Gasteiger partial charge in [0.05, 0.1) is 10.7 Å². The van der Waals surface area contributed by atoms with Gasteiger partial charge in [0.2, 0.25) is 0 Å². The number of nitrogens with zero attached hydrogens (tertiary/aromatic N) is 3. The Morgan fingerprint density at radius 3 is 2.64 bits per heavy atom. The number of carbonyl (C=O) groups is 4. The van der Waals surface area contributed by atoms with E-state index in [0.717, 1.165) is 4.90 Å². The van der Waals surface area contributed by atoms with Gasteiger partial charge in [0.25, 0.3) is 11.8 Å². The number of carboxylic acid groups (broad SMARTS) is 1. The number of aliphatic carboxylic acids is 1. The lowest BCUT2D eigenvalue weighted by atomic mass is 10.0. The first-order valence-electron chi connectivity index (χ1n) is 8.16. The fourth-order valence-electron chi connectivity index (χ4n) is 2.92. The molecule has 1 aromatic rings. The van der Waals surface area contributed by atoms with Crippen LogP contribution in [0.25, 0.3) is 0 Å². The molecule has 150 valence electrons. The van der Waals surface area contributed by atoms with Crippen molar-refractivity contribution in [1.82, 2.24) is 20.0 Å². The lowest BCUT2D eigenvalue weighted by Crippen LogP contribution is -2.70. The summed E-state index contributed by atoms with van der Waals surface area (Å²) in [5, 5.41) is 15.7. The van der Waals surface area contributed by atoms with Gasteiger partial charge in [-0.1, -0.05) is 11.6 Å². The Morgan fingerprint density at radius 1 is 1.43 bits per heavy atom. The summed E-state index contributed by atoms with van der Waals surface area (Å²) in [6, 6.07) is -0.902. The third-order valence-electron chi connectivity index (χ3n) is 4.46. The van der Waals surface area contributed by atoms with Crippen molar-refractivity contribution in [3.8, 4) is 0 Å². The van der Waals surface area contributed by atoms with Crippen LogP contribution >= 0.6 is 23.4 Å². The van der Waals surface area contributed by atoms with Gasteiger partial charge in [0.15, 0.2) is 5.69 Å². The normalized spacial score (nSPS) is 21.1. The van der Waals surface area contributed by atoms with Crippen molar-refractivity contribution in [1.29, 1.82) is 0 Å². The maximum absolute atomic E-state index is 12.6. The third kappa shape index (κ3) is 3.35. The van der Waals surface area contributed by atoms with Crippen molar-refractivity contribution >= 4 is 47.1 Å². The zero-order valence-corrected chi connectivity index (χ0v) is 16.8. The Morgan fingerprint density at radius 2 is 2.11 bits per heavy atom. The van der Waals surface area contributed by atoms with Crippen LogP contribution in [0.5, 0.6) is 0 Å². The number of carboxylic acids is 1. The van der Waals surface area contributed by atoms with Gasteiger partial charge in [0.1, 0.15) is 23.7 Å². The molecule has 28 heavy (non-hydrogen) atoms. The summed E-state index contributed by atoms with van der Waals surface area (Å²) < 4.78 is 6.33. The first-order chi connectivity index (χ1) is 13.1. The van der Waals surface area contributed by atoms with Gasteiger partial charge in [0, 0.05) is 25.3 Å². The van der Waals surface area contributed by atoms with Gasteiger partial charge in [-0.05, 0) is 6.92 Å². The number of halogens is 1. The van der Waals surface area contributed by atoms with Crippen LogP contribution < -0.4 is 5.32 Å². The lowest BCUT2D eigenvalue weighted by Gasteiger charge is -2.49. The van der Waals surface area contributed by atoms with Crippen LogP contribution in [0, 0.1) is 6.92 Å². The summed E-state index contributed by atoms with van der Waals surface area (Å²) in [5.41, 5.74) is 0.711. The van der Waals surface area contributed by atoms with E-state index in [0.29, 0.717) is 11.3 Å². The van der Waals surface area contributed by atoms with Crippen molar-refractivity contribution in [2.24, 2.45) is 7.05 Å². The van der Waals surface area contributed by atoms with Crippen molar-refractivity contribution in [2.75, 3.05) is 12.4 Å². The highest BCUT2D eigenvalue weighted by Gasteiger charge is 2.54. The molecule has 2 aliphatic heterocycles. The van der Waals surface area contributed by atoms with Crippen LogP contribution in [0.15, 0.2) is 11.3 Å². The van der Waals surface area contributed by atoms with E-state index in [4.69, 9.17) is 16.3 Å². The minimum Gasteiger partial charge on any atom is -0.477 e. The van der Waals surface area contributed by atoms with E-state index in [1.807, 2.05) is 0 Å². The maximum Gasteiger partial charge on any atom is 0.352 e. The topological polar surface area (TPSA) is 131 Å². The first kappa shape index (κ1) is 20.2. The molecule has 1 saturated heterocycles. The van der Waals surface area contributed by atoms with E-state index in [-0.39, 0.29) is 28.8 Å². The minimum atomic E-state index is -1.30. The second-order valence-electron chi connectivity index (χ2n) is 6.27. The van der Waals surface area contributed by atoms with Crippen LogP contribution in [-0.4, -0.2) is 67.3 Å². The predicted molar refractivity (Wildman–Crippen MR) is 98.6 cm³/mol. The zero-order valence-electron chi connectivity index (χ0n) is 15.2. The average Bonchev–Trinajstić information content (AvgIpc) is 2.90. The Labute approximate surface area is 168 Å². The number of amides is 2. The summed E-state index contributed by atoms with van der Waals surface area (Å²) >= 11 is 7.37. The molecule has 2 atom stereocenters. The van der Waals surface area contributed by atoms with Crippen molar-refractivity contribution in [3.63, 3.8) is 0 Å². The number of nitrogens with one attached hydrogen (secondary N) is 1. The number of hydrogen-bond acceptors (Lipinski definition) is 7. The van der Waals surface area contributed by atoms with E-state index in [2.05, 4.69) is 10.4 Å². The number of ether oxygens (including phenoxy) is 1. The number of carbonyl (C=O) groups excluding carboxylic acids is 3. The highest BCUT2D eigenvalue weighted by molar-refractivity contribution is 8.00. The second-order valence-corrected chi connectivity index (χ2v) is 7.75. The van der Waals surface area contributed by atoms with Crippen LogP contribution in [0.3, 0.4) is 0 Å². The summed E-state index contributed by atoms with van der Waals surface area (Å²) in [4.78, 5) is 48.8. The van der Waals surface area contributed by atoms with Crippen LogP contribution in [0.4, 0.5) is 0 Å². The molecule has 0 saturated carbocycles. The molecule has 0 aromatic carbocycles. The van der Waals surface area contributed by atoms with Gasteiger partial charge in [-0.25, -0.2) is 4.79 Å². The molecule has 2 aliphatic rings. The Balaban J connectivity index is 1.78. The van der Waals surface area contributed by atoms with E-state index < -0.39 is 35.2 Å². The third-order valence-corrected chi connectivity index (χ3v) is 6.25. The van der Waals surface area contributed by atoms with Crippen molar-refractivity contribution < 1.29 is 29.0 Å². The molecular formula is C16H17ClN4O6S. The zero-order chi connectivity index (χ0) is 20.7. The number of hydrogen-bond donors (Lipinski definition) is 2. The molecule has 2 N–H and O–H groups in total. The van der Waals surface area contributed by atoms with Gasteiger partial charge < -0.3 is 15.2 Å². The van der Waals surface area contributed by atoms with Crippen LogP contribution in [0.1, 0.15) is 23.1 Å². The number of aromatic nitrogens is 2. The molecule has 0 radical (unpaired) electrons.